The molecule has 2 aliphatic heterocycles. The highest BCUT2D eigenvalue weighted by Gasteiger charge is 2.43. The fraction of sp³-hybridized carbons (Fsp3) is 0.632. The van der Waals surface area contributed by atoms with Crippen molar-refractivity contribution in [2.24, 2.45) is 0 Å². The molecule has 1 saturated carbocycles. The molecule has 1 aromatic rings. The van der Waals surface area contributed by atoms with Gasteiger partial charge in [-0.1, -0.05) is 12.1 Å². The van der Waals surface area contributed by atoms with Crippen molar-refractivity contribution in [2.75, 3.05) is 20.2 Å². The van der Waals surface area contributed by atoms with Crippen molar-refractivity contribution in [3.8, 4) is 5.75 Å². The summed E-state index contributed by atoms with van der Waals surface area (Å²) >= 11 is 0. The van der Waals surface area contributed by atoms with Crippen LogP contribution in [0.15, 0.2) is 24.3 Å². The molecule has 0 bridgehead atoms. The molecule has 24 heavy (non-hydrogen) atoms. The molecule has 1 amide bonds. The molecule has 0 radical (unpaired) electrons. The summed E-state index contributed by atoms with van der Waals surface area (Å²) in [5, 5.41) is 6.64. The molecule has 3 unspecified atom stereocenters. The van der Waals surface area contributed by atoms with E-state index in [-0.39, 0.29) is 24.0 Å². The summed E-state index contributed by atoms with van der Waals surface area (Å²) in [6.07, 6.45) is 5.64. The van der Waals surface area contributed by atoms with Gasteiger partial charge in [0.05, 0.1) is 19.2 Å². The minimum Gasteiger partial charge on any atom is -0.497 e. The van der Waals surface area contributed by atoms with E-state index in [2.05, 4.69) is 33.7 Å². The third kappa shape index (κ3) is 3.15. The smallest absolute Gasteiger partial charge is 0.237 e. The number of ether oxygens (including phenoxy) is 1. The van der Waals surface area contributed by atoms with Crippen molar-refractivity contribution in [1.82, 2.24) is 15.5 Å². The Bertz CT molecular complexity index is 596. The Morgan fingerprint density at radius 2 is 2.17 bits per heavy atom. The number of nitrogens with one attached hydrogen (secondary N) is 2. The van der Waals surface area contributed by atoms with Gasteiger partial charge >= 0.3 is 0 Å². The van der Waals surface area contributed by atoms with Crippen LogP contribution in [0.5, 0.6) is 5.75 Å². The van der Waals surface area contributed by atoms with Gasteiger partial charge < -0.3 is 15.4 Å². The Labute approximate surface area is 143 Å². The second-order valence-electron chi connectivity index (χ2n) is 7.24. The molecule has 0 aromatic heterocycles. The molecule has 130 valence electrons. The normalized spacial score (nSPS) is 30.5. The fourth-order valence-corrected chi connectivity index (χ4v) is 4.22. The summed E-state index contributed by atoms with van der Waals surface area (Å²) in [6.45, 7) is 2.02. The van der Waals surface area contributed by atoms with Crippen LogP contribution in [0.2, 0.25) is 0 Å². The lowest BCUT2D eigenvalue weighted by molar-refractivity contribution is -0.123. The van der Waals surface area contributed by atoms with E-state index in [1.807, 2.05) is 6.07 Å². The number of rotatable bonds is 5. The Kier molecular flexibility index (Phi) is 4.46. The number of methoxy groups -OCH3 is 1. The molecule has 4 rings (SSSR count). The maximum Gasteiger partial charge on any atom is 0.237 e. The van der Waals surface area contributed by atoms with Crippen molar-refractivity contribution in [1.29, 1.82) is 0 Å². The molecular weight excluding hydrogens is 302 g/mol. The van der Waals surface area contributed by atoms with Crippen molar-refractivity contribution in [3.05, 3.63) is 29.8 Å². The first-order chi connectivity index (χ1) is 11.8. The Morgan fingerprint density at radius 3 is 2.88 bits per heavy atom. The molecular formula is C19H27N3O2. The van der Waals surface area contributed by atoms with Crippen molar-refractivity contribution >= 4 is 5.91 Å². The maximum absolute atomic E-state index is 12.6. The van der Waals surface area contributed by atoms with Gasteiger partial charge in [0.25, 0.3) is 0 Å². The number of carbonyl (C=O) groups is 1. The molecule has 1 aromatic carbocycles. The second-order valence-corrected chi connectivity index (χ2v) is 7.24. The molecule has 3 fully saturated rings. The quantitative estimate of drug-likeness (QED) is 0.865. The van der Waals surface area contributed by atoms with Crippen LogP contribution >= 0.6 is 0 Å². The van der Waals surface area contributed by atoms with Crippen LogP contribution < -0.4 is 15.4 Å². The van der Waals surface area contributed by atoms with Gasteiger partial charge in [-0.15, -0.1) is 0 Å². The largest absolute Gasteiger partial charge is 0.497 e. The zero-order chi connectivity index (χ0) is 16.5. The first-order valence-electron chi connectivity index (χ1n) is 9.20. The van der Waals surface area contributed by atoms with Crippen LogP contribution in [0.1, 0.15) is 43.7 Å². The number of carbonyl (C=O) groups excluding carboxylic acids is 1. The number of hydrogen-bond acceptors (Lipinski definition) is 4. The minimum atomic E-state index is -0.00839. The van der Waals surface area contributed by atoms with Gasteiger partial charge in [0.15, 0.2) is 0 Å². The molecule has 0 spiro atoms. The van der Waals surface area contributed by atoms with Crippen LogP contribution in [0, 0.1) is 0 Å². The summed E-state index contributed by atoms with van der Waals surface area (Å²) in [6, 6.07) is 9.45. The van der Waals surface area contributed by atoms with E-state index in [0.29, 0.717) is 6.04 Å². The van der Waals surface area contributed by atoms with Gasteiger partial charge in [0, 0.05) is 18.6 Å². The first-order valence-corrected chi connectivity index (χ1v) is 9.20. The Balaban J connectivity index is 1.54. The van der Waals surface area contributed by atoms with E-state index in [1.54, 1.807) is 7.11 Å². The molecule has 2 N–H and O–H groups in total. The van der Waals surface area contributed by atoms with E-state index < -0.39 is 0 Å². The van der Waals surface area contributed by atoms with Crippen LogP contribution in [0.4, 0.5) is 0 Å². The molecule has 2 heterocycles. The predicted molar refractivity (Wildman–Crippen MR) is 93.0 cm³/mol. The monoisotopic (exact) mass is 329 g/mol. The number of amides is 1. The highest BCUT2D eigenvalue weighted by molar-refractivity contribution is 5.82. The lowest BCUT2D eigenvalue weighted by atomic mass is 9.99. The van der Waals surface area contributed by atoms with E-state index in [4.69, 9.17) is 4.74 Å². The van der Waals surface area contributed by atoms with Gasteiger partial charge in [-0.25, -0.2) is 0 Å². The van der Waals surface area contributed by atoms with Gasteiger partial charge in [0.2, 0.25) is 5.91 Å². The van der Waals surface area contributed by atoms with E-state index in [0.717, 1.165) is 38.1 Å². The zero-order valence-electron chi connectivity index (χ0n) is 14.3. The van der Waals surface area contributed by atoms with Crippen LogP contribution in [-0.4, -0.2) is 49.1 Å². The number of benzene rings is 1. The minimum absolute atomic E-state index is 0.00839. The first kappa shape index (κ1) is 15.9. The summed E-state index contributed by atoms with van der Waals surface area (Å²) in [5.41, 5.74) is 1.25. The molecule has 1 aliphatic carbocycles. The molecule has 2 saturated heterocycles. The summed E-state index contributed by atoms with van der Waals surface area (Å²) in [5.74, 6) is 1.06. The SMILES string of the molecule is COc1cccc(C2C(NC(=O)C3CCCN3)CCN2C2CC2)c1. The third-order valence-corrected chi connectivity index (χ3v) is 5.59. The zero-order valence-corrected chi connectivity index (χ0v) is 14.3. The van der Waals surface area contributed by atoms with Crippen molar-refractivity contribution in [3.63, 3.8) is 0 Å². The van der Waals surface area contributed by atoms with Gasteiger partial charge in [0.1, 0.15) is 5.75 Å². The third-order valence-electron chi connectivity index (χ3n) is 5.59. The van der Waals surface area contributed by atoms with Crippen LogP contribution in [-0.2, 0) is 4.79 Å². The highest BCUT2D eigenvalue weighted by Crippen LogP contribution is 2.41. The molecule has 3 aliphatic rings. The lowest BCUT2D eigenvalue weighted by Crippen LogP contribution is -2.47. The molecule has 3 atom stereocenters. The van der Waals surface area contributed by atoms with Crippen LogP contribution in [0.3, 0.4) is 0 Å². The van der Waals surface area contributed by atoms with Gasteiger partial charge in [-0.05, 0) is 56.3 Å². The number of nitrogens with zero attached hydrogens (tertiary/aromatic N) is 1. The molecule has 5 nitrogen and oxygen atoms in total. The maximum atomic E-state index is 12.6. The average Bonchev–Trinajstić information content (AvgIpc) is 3.14. The average molecular weight is 329 g/mol. The van der Waals surface area contributed by atoms with Crippen molar-refractivity contribution < 1.29 is 9.53 Å². The summed E-state index contributed by atoms with van der Waals surface area (Å²) < 4.78 is 5.41. The van der Waals surface area contributed by atoms with E-state index >= 15 is 0 Å². The fourth-order valence-electron chi connectivity index (χ4n) is 4.22. The van der Waals surface area contributed by atoms with Gasteiger partial charge in [-0.2, -0.15) is 0 Å². The second kappa shape index (κ2) is 6.73. The lowest BCUT2D eigenvalue weighted by Gasteiger charge is -2.30. The topological polar surface area (TPSA) is 53.6 Å². The van der Waals surface area contributed by atoms with E-state index in [1.165, 1.54) is 18.4 Å². The standard InChI is InChI=1S/C19H27N3O2/c1-24-15-5-2-4-13(12-15)18-16(9-11-22(18)14-7-8-14)21-19(23)17-6-3-10-20-17/h2,4-5,12,14,16-18,20H,3,6-11H2,1H3,(H,21,23). The molecule has 5 heteroatoms. The van der Waals surface area contributed by atoms with Crippen LogP contribution in [0.25, 0.3) is 0 Å². The summed E-state index contributed by atoms with van der Waals surface area (Å²) in [7, 11) is 1.71. The van der Waals surface area contributed by atoms with E-state index in [9.17, 15) is 4.79 Å². The highest BCUT2D eigenvalue weighted by atomic mass is 16.5. The Hall–Kier alpha value is -1.59. The summed E-state index contributed by atoms with van der Waals surface area (Å²) in [4.78, 5) is 15.2. The van der Waals surface area contributed by atoms with Gasteiger partial charge in [-0.3, -0.25) is 9.69 Å². The number of likely N-dealkylation sites (tertiary alicyclic amines) is 1. The van der Waals surface area contributed by atoms with Crippen molar-refractivity contribution in [2.45, 2.75) is 56.3 Å². The number of hydrogen-bond donors (Lipinski definition) is 2. The Morgan fingerprint density at radius 1 is 1.29 bits per heavy atom. The predicted octanol–water partition coefficient (Wildman–Crippen LogP) is 1.84.